The Balaban J connectivity index is 1.56. The first-order chi connectivity index (χ1) is 14.2. The van der Waals surface area contributed by atoms with Gasteiger partial charge in [-0.05, 0) is 42.9 Å². The molecule has 1 atom stereocenters. The Bertz CT molecular complexity index is 1030. The number of fused-ring (bicyclic) bond motifs is 3. The van der Waals surface area contributed by atoms with Crippen molar-refractivity contribution in [2.75, 3.05) is 26.3 Å². The van der Waals surface area contributed by atoms with Crippen LogP contribution in [0.5, 0.6) is 11.6 Å². The molecule has 1 fully saturated rings. The minimum absolute atomic E-state index is 0.317. The summed E-state index contributed by atoms with van der Waals surface area (Å²) in [5.74, 6) is 2.13. The fraction of sp³-hybridized carbons (Fsp3) is 0.455. The molecule has 3 heterocycles. The lowest BCUT2D eigenvalue weighted by Gasteiger charge is -2.25. The van der Waals surface area contributed by atoms with E-state index < -0.39 is 0 Å². The molecule has 5 nitrogen and oxygen atoms in total. The van der Waals surface area contributed by atoms with Crippen LogP contribution in [0.1, 0.15) is 29.6 Å². The molecule has 7 heteroatoms. The molecule has 0 amide bonds. The lowest BCUT2D eigenvalue weighted by atomic mass is 9.89. The Kier molecular flexibility index (Phi) is 5.20. The van der Waals surface area contributed by atoms with Gasteiger partial charge in [0.2, 0.25) is 5.88 Å². The van der Waals surface area contributed by atoms with Crippen molar-refractivity contribution in [3.05, 3.63) is 46.3 Å². The van der Waals surface area contributed by atoms with Crippen molar-refractivity contribution in [2.45, 2.75) is 32.7 Å². The van der Waals surface area contributed by atoms with E-state index in [4.69, 9.17) is 19.4 Å². The zero-order valence-electron chi connectivity index (χ0n) is 16.5. The number of rotatable bonds is 4. The lowest BCUT2D eigenvalue weighted by Crippen LogP contribution is -2.36. The van der Waals surface area contributed by atoms with Gasteiger partial charge in [-0.2, -0.15) is 4.98 Å². The molecule has 0 spiro atoms. The summed E-state index contributed by atoms with van der Waals surface area (Å²) in [5, 5.41) is 1.01. The molecule has 2 aromatic heterocycles. The Morgan fingerprint density at radius 1 is 1.28 bits per heavy atom. The van der Waals surface area contributed by atoms with Gasteiger partial charge in [-0.15, -0.1) is 11.3 Å². The van der Waals surface area contributed by atoms with Crippen molar-refractivity contribution in [1.29, 1.82) is 0 Å². The zero-order valence-corrected chi connectivity index (χ0v) is 17.3. The summed E-state index contributed by atoms with van der Waals surface area (Å²) in [6, 6.07) is 6.23. The molecule has 29 heavy (non-hydrogen) atoms. The van der Waals surface area contributed by atoms with E-state index in [2.05, 4.69) is 11.8 Å². The van der Waals surface area contributed by atoms with Crippen LogP contribution in [0.2, 0.25) is 0 Å². The quantitative estimate of drug-likeness (QED) is 0.627. The Labute approximate surface area is 173 Å². The highest BCUT2D eigenvalue weighted by Crippen LogP contribution is 2.42. The van der Waals surface area contributed by atoms with Crippen molar-refractivity contribution in [2.24, 2.45) is 5.92 Å². The summed E-state index contributed by atoms with van der Waals surface area (Å²) in [6.07, 6.45) is 3.25. The highest BCUT2D eigenvalue weighted by atomic mass is 32.1. The van der Waals surface area contributed by atoms with Gasteiger partial charge < -0.3 is 9.47 Å². The maximum absolute atomic E-state index is 13.7. The maximum Gasteiger partial charge on any atom is 0.231 e. The van der Waals surface area contributed by atoms with Crippen LogP contribution in [-0.4, -0.2) is 41.2 Å². The third-order valence-corrected chi connectivity index (χ3v) is 6.80. The maximum atomic E-state index is 13.7. The molecular weight excluding hydrogens is 389 g/mol. The minimum atomic E-state index is -0.317. The van der Waals surface area contributed by atoms with Gasteiger partial charge in [0, 0.05) is 24.0 Å². The molecule has 3 aromatic rings. The van der Waals surface area contributed by atoms with Gasteiger partial charge in [0.05, 0.1) is 25.1 Å². The number of nitrogens with zero attached hydrogens (tertiary/aromatic N) is 3. The second kappa shape index (κ2) is 7.97. The van der Waals surface area contributed by atoms with E-state index >= 15 is 0 Å². The molecule has 0 saturated carbocycles. The van der Waals surface area contributed by atoms with Crippen molar-refractivity contribution in [3.8, 4) is 11.6 Å². The number of thiophene rings is 1. The molecule has 1 aromatic carbocycles. The van der Waals surface area contributed by atoms with E-state index in [1.165, 1.54) is 22.6 Å². The molecule has 0 radical (unpaired) electrons. The van der Waals surface area contributed by atoms with E-state index in [0.29, 0.717) is 24.1 Å². The molecule has 0 bridgehead atoms. The van der Waals surface area contributed by atoms with Crippen molar-refractivity contribution in [1.82, 2.24) is 14.9 Å². The number of halogens is 1. The van der Waals surface area contributed by atoms with Crippen LogP contribution in [-0.2, 0) is 24.1 Å². The lowest BCUT2D eigenvalue weighted by molar-refractivity contribution is 0.0330. The largest absolute Gasteiger partial charge is 0.438 e. The Morgan fingerprint density at radius 2 is 2.14 bits per heavy atom. The second-order valence-corrected chi connectivity index (χ2v) is 9.01. The minimum Gasteiger partial charge on any atom is -0.438 e. The molecule has 5 rings (SSSR count). The Hall–Kier alpha value is -2.09. The van der Waals surface area contributed by atoms with Gasteiger partial charge in [-0.25, -0.2) is 9.37 Å². The fourth-order valence-electron chi connectivity index (χ4n) is 4.10. The number of hydrogen-bond acceptors (Lipinski definition) is 6. The first-order valence-electron chi connectivity index (χ1n) is 10.2. The summed E-state index contributed by atoms with van der Waals surface area (Å²) >= 11 is 1.76. The van der Waals surface area contributed by atoms with E-state index in [1.54, 1.807) is 23.5 Å². The van der Waals surface area contributed by atoms with Crippen LogP contribution in [0.3, 0.4) is 0 Å². The number of aromatic nitrogens is 2. The van der Waals surface area contributed by atoms with Crippen molar-refractivity contribution in [3.63, 3.8) is 0 Å². The molecule has 0 N–H and O–H groups in total. The van der Waals surface area contributed by atoms with E-state index in [0.717, 1.165) is 61.6 Å². The van der Waals surface area contributed by atoms with E-state index in [9.17, 15) is 4.39 Å². The van der Waals surface area contributed by atoms with Crippen LogP contribution in [0, 0.1) is 11.7 Å². The SMILES string of the molecule is C[C@H]1CCc2c(sc3nc(CN4CCOCC4)nc(Oc4cccc(F)c4)c23)C1. The number of morpholine rings is 1. The molecular formula is C22H24FN3O2S. The summed E-state index contributed by atoms with van der Waals surface area (Å²) in [7, 11) is 0. The number of ether oxygens (including phenoxy) is 2. The first kappa shape index (κ1) is 18.9. The molecule has 0 unspecified atom stereocenters. The highest BCUT2D eigenvalue weighted by molar-refractivity contribution is 7.18. The molecule has 2 aliphatic rings. The monoisotopic (exact) mass is 413 g/mol. The van der Waals surface area contributed by atoms with Crippen molar-refractivity contribution < 1.29 is 13.9 Å². The van der Waals surface area contributed by atoms with E-state index in [-0.39, 0.29) is 5.82 Å². The highest BCUT2D eigenvalue weighted by Gasteiger charge is 2.25. The molecule has 152 valence electrons. The van der Waals surface area contributed by atoms with Crippen LogP contribution in [0.25, 0.3) is 10.2 Å². The van der Waals surface area contributed by atoms with Gasteiger partial charge in [0.15, 0.2) is 0 Å². The molecule has 1 aliphatic heterocycles. The number of benzene rings is 1. The summed E-state index contributed by atoms with van der Waals surface area (Å²) in [6.45, 7) is 6.19. The average molecular weight is 414 g/mol. The predicted octanol–water partition coefficient (Wildman–Crippen LogP) is 4.58. The molecule has 1 saturated heterocycles. The van der Waals surface area contributed by atoms with Gasteiger partial charge >= 0.3 is 0 Å². The normalized spacial score (nSPS) is 20.0. The average Bonchev–Trinajstić information content (AvgIpc) is 3.06. The number of aryl methyl sites for hydroxylation is 1. The summed E-state index contributed by atoms with van der Waals surface area (Å²) in [5.41, 5.74) is 1.31. The van der Waals surface area contributed by atoms with Crippen molar-refractivity contribution >= 4 is 21.6 Å². The third kappa shape index (κ3) is 3.99. The third-order valence-electron chi connectivity index (χ3n) is 5.65. The number of hydrogen-bond donors (Lipinski definition) is 0. The first-order valence-corrected chi connectivity index (χ1v) is 11.0. The fourth-order valence-corrected chi connectivity index (χ4v) is 5.49. The van der Waals surface area contributed by atoms with Gasteiger partial charge in [-0.3, -0.25) is 4.90 Å². The second-order valence-electron chi connectivity index (χ2n) is 7.92. The van der Waals surface area contributed by atoms with Crippen LogP contribution in [0.15, 0.2) is 24.3 Å². The van der Waals surface area contributed by atoms with E-state index in [1.807, 2.05) is 0 Å². The summed E-state index contributed by atoms with van der Waals surface area (Å²) in [4.78, 5) is 14.3. The Morgan fingerprint density at radius 3 is 2.97 bits per heavy atom. The van der Waals surface area contributed by atoms with Gasteiger partial charge in [0.1, 0.15) is 22.2 Å². The van der Waals surface area contributed by atoms with Crippen LogP contribution in [0.4, 0.5) is 4.39 Å². The topological polar surface area (TPSA) is 47.5 Å². The standard InChI is InChI=1S/C22H24FN3O2S/c1-14-5-6-17-18(11-14)29-22-20(17)21(28-16-4-2-3-15(23)12-16)24-19(25-22)13-26-7-9-27-10-8-26/h2-4,12,14H,5-11,13H2,1H3/t14-/m0/s1. The van der Waals surface area contributed by atoms with Crippen LogP contribution >= 0.6 is 11.3 Å². The smallest absolute Gasteiger partial charge is 0.231 e. The summed E-state index contributed by atoms with van der Waals surface area (Å²) < 4.78 is 25.3. The van der Waals surface area contributed by atoms with Gasteiger partial charge in [0.25, 0.3) is 0 Å². The van der Waals surface area contributed by atoms with Gasteiger partial charge in [-0.1, -0.05) is 13.0 Å². The molecule has 1 aliphatic carbocycles. The zero-order chi connectivity index (χ0) is 19.8. The van der Waals surface area contributed by atoms with Crippen LogP contribution < -0.4 is 4.74 Å². The predicted molar refractivity (Wildman–Crippen MR) is 111 cm³/mol.